The van der Waals surface area contributed by atoms with Gasteiger partial charge in [-0.05, 0) is 73.5 Å². The molecule has 150 valence electrons. The lowest BCUT2D eigenvalue weighted by atomic mass is 10.1. The average molecular weight is 430 g/mol. The summed E-state index contributed by atoms with van der Waals surface area (Å²) in [5.41, 5.74) is 4.02. The fourth-order valence-corrected chi connectivity index (χ4v) is 3.57. The van der Waals surface area contributed by atoms with E-state index in [9.17, 15) is 4.79 Å². The molecule has 3 aromatic rings. The van der Waals surface area contributed by atoms with Gasteiger partial charge in [-0.25, -0.2) is 0 Å². The number of aryl methyl sites for hydroxylation is 2. The minimum Gasteiger partial charge on any atom is -0.496 e. The van der Waals surface area contributed by atoms with Crippen molar-refractivity contribution in [2.75, 3.05) is 12.4 Å². The van der Waals surface area contributed by atoms with Crippen LogP contribution < -0.4 is 14.8 Å². The van der Waals surface area contributed by atoms with Gasteiger partial charge < -0.3 is 14.8 Å². The van der Waals surface area contributed by atoms with E-state index in [0.29, 0.717) is 27.0 Å². The van der Waals surface area contributed by atoms with Gasteiger partial charge in [0.1, 0.15) is 18.1 Å². The predicted octanol–water partition coefficient (Wildman–Crippen LogP) is 6.45. The van der Waals surface area contributed by atoms with Gasteiger partial charge in [0.15, 0.2) is 0 Å². The molecule has 4 nitrogen and oxygen atoms in total. The largest absolute Gasteiger partial charge is 0.496 e. The molecule has 29 heavy (non-hydrogen) atoms. The summed E-state index contributed by atoms with van der Waals surface area (Å²) in [6.45, 7) is 4.32. The second kappa shape index (κ2) is 9.21. The highest BCUT2D eigenvalue weighted by Crippen LogP contribution is 2.26. The number of ether oxygens (including phenoxy) is 2. The minimum absolute atomic E-state index is 0.274. The first-order valence-electron chi connectivity index (χ1n) is 8.99. The van der Waals surface area contributed by atoms with E-state index in [1.165, 1.54) is 0 Å². The molecule has 0 bridgehead atoms. The van der Waals surface area contributed by atoms with E-state index < -0.39 is 0 Å². The Morgan fingerprint density at radius 1 is 0.931 bits per heavy atom. The summed E-state index contributed by atoms with van der Waals surface area (Å²) in [5.74, 6) is 1.14. The number of benzene rings is 3. The first-order chi connectivity index (χ1) is 13.8. The zero-order valence-electron chi connectivity index (χ0n) is 16.4. The van der Waals surface area contributed by atoms with E-state index in [4.69, 9.17) is 32.7 Å². The summed E-state index contributed by atoms with van der Waals surface area (Å²) in [5, 5.41) is 3.70. The lowest BCUT2D eigenvalue weighted by Gasteiger charge is -2.13. The molecule has 0 spiro atoms. The number of methoxy groups -OCH3 is 1. The number of hydrogen-bond donors (Lipinski definition) is 1. The van der Waals surface area contributed by atoms with Gasteiger partial charge in [0.05, 0.1) is 7.11 Å². The Morgan fingerprint density at radius 2 is 1.59 bits per heavy atom. The maximum atomic E-state index is 12.7. The molecule has 0 unspecified atom stereocenters. The van der Waals surface area contributed by atoms with Crippen LogP contribution in [0.4, 0.5) is 5.69 Å². The number of carbonyl (C=O) groups is 1. The Bertz CT molecular complexity index is 1010. The molecule has 0 aliphatic rings. The van der Waals surface area contributed by atoms with E-state index in [1.54, 1.807) is 43.5 Å². The van der Waals surface area contributed by atoms with Crippen molar-refractivity contribution >= 4 is 34.8 Å². The lowest BCUT2D eigenvalue weighted by Crippen LogP contribution is -2.13. The van der Waals surface area contributed by atoms with E-state index in [2.05, 4.69) is 11.4 Å². The maximum absolute atomic E-state index is 12.7. The van der Waals surface area contributed by atoms with E-state index in [-0.39, 0.29) is 12.5 Å². The molecule has 3 aromatic carbocycles. The zero-order chi connectivity index (χ0) is 21.0. The standard InChI is InChI=1S/C23H21Cl2NO3/c1-14-6-15(2)8-21(7-14)29-13-17-9-16(4-5-22(17)28-3)23(27)26-20-11-18(24)10-19(25)12-20/h4-12H,13H2,1-3H3,(H,26,27). The van der Waals surface area contributed by atoms with Crippen LogP contribution in [0, 0.1) is 13.8 Å². The lowest BCUT2D eigenvalue weighted by molar-refractivity contribution is 0.102. The van der Waals surface area contributed by atoms with Gasteiger partial charge in [0.2, 0.25) is 0 Å². The van der Waals surface area contributed by atoms with Gasteiger partial charge in [-0.1, -0.05) is 29.3 Å². The van der Waals surface area contributed by atoms with Crippen molar-refractivity contribution < 1.29 is 14.3 Å². The summed E-state index contributed by atoms with van der Waals surface area (Å²) in [6.07, 6.45) is 0. The molecule has 0 aliphatic carbocycles. The molecule has 0 atom stereocenters. The summed E-state index contributed by atoms with van der Waals surface area (Å²) < 4.78 is 11.4. The maximum Gasteiger partial charge on any atom is 0.255 e. The monoisotopic (exact) mass is 429 g/mol. The number of anilines is 1. The zero-order valence-corrected chi connectivity index (χ0v) is 17.9. The van der Waals surface area contributed by atoms with Crippen molar-refractivity contribution in [3.63, 3.8) is 0 Å². The molecule has 0 saturated carbocycles. The second-order valence-electron chi connectivity index (χ2n) is 6.75. The van der Waals surface area contributed by atoms with Crippen LogP contribution in [-0.2, 0) is 6.61 Å². The summed E-state index contributed by atoms with van der Waals surface area (Å²) in [6, 6.07) is 16.1. The van der Waals surface area contributed by atoms with Crippen LogP contribution in [-0.4, -0.2) is 13.0 Å². The quantitative estimate of drug-likeness (QED) is 0.489. The number of carbonyl (C=O) groups excluding carboxylic acids is 1. The number of halogens is 2. The first-order valence-corrected chi connectivity index (χ1v) is 9.75. The number of hydrogen-bond acceptors (Lipinski definition) is 3. The predicted molar refractivity (Wildman–Crippen MR) is 118 cm³/mol. The molecular formula is C23H21Cl2NO3. The summed E-state index contributed by atoms with van der Waals surface area (Å²) >= 11 is 12.0. The number of amides is 1. The minimum atomic E-state index is -0.279. The third kappa shape index (κ3) is 5.66. The molecule has 0 aromatic heterocycles. The fraction of sp³-hybridized carbons (Fsp3) is 0.174. The summed E-state index contributed by atoms with van der Waals surface area (Å²) in [7, 11) is 1.59. The SMILES string of the molecule is COc1ccc(C(=O)Nc2cc(Cl)cc(Cl)c2)cc1COc1cc(C)cc(C)c1. The normalized spacial score (nSPS) is 10.5. The van der Waals surface area contributed by atoms with Gasteiger partial charge in [0, 0.05) is 26.9 Å². The Hall–Kier alpha value is -2.69. The van der Waals surface area contributed by atoms with Crippen molar-refractivity contribution in [3.8, 4) is 11.5 Å². The molecule has 0 aliphatic heterocycles. The number of rotatable bonds is 6. The Labute approximate surface area is 180 Å². The highest BCUT2D eigenvalue weighted by molar-refractivity contribution is 6.35. The van der Waals surface area contributed by atoms with Crippen LogP contribution in [0.5, 0.6) is 11.5 Å². The van der Waals surface area contributed by atoms with Crippen LogP contribution in [0.15, 0.2) is 54.6 Å². The Kier molecular flexibility index (Phi) is 6.68. The smallest absolute Gasteiger partial charge is 0.255 e. The summed E-state index contributed by atoms with van der Waals surface area (Å²) in [4.78, 5) is 12.7. The molecule has 3 rings (SSSR count). The molecule has 0 heterocycles. The Morgan fingerprint density at radius 3 is 2.21 bits per heavy atom. The molecule has 1 amide bonds. The van der Waals surface area contributed by atoms with E-state index in [1.807, 2.05) is 26.0 Å². The second-order valence-corrected chi connectivity index (χ2v) is 7.62. The average Bonchev–Trinajstić information content (AvgIpc) is 2.64. The Balaban J connectivity index is 1.79. The van der Waals surface area contributed by atoms with Crippen LogP contribution in [0.2, 0.25) is 10.0 Å². The first kappa shape index (κ1) is 21.0. The van der Waals surface area contributed by atoms with Crippen LogP contribution >= 0.6 is 23.2 Å². The molecule has 0 fully saturated rings. The van der Waals surface area contributed by atoms with Crippen LogP contribution in [0.25, 0.3) is 0 Å². The molecule has 1 N–H and O–H groups in total. The van der Waals surface area contributed by atoms with E-state index in [0.717, 1.165) is 22.4 Å². The van der Waals surface area contributed by atoms with Crippen LogP contribution in [0.3, 0.4) is 0 Å². The molecular weight excluding hydrogens is 409 g/mol. The van der Waals surface area contributed by atoms with Gasteiger partial charge in [-0.15, -0.1) is 0 Å². The van der Waals surface area contributed by atoms with Gasteiger partial charge in [-0.2, -0.15) is 0 Å². The van der Waals surface area contributed by atoms with Crippen molar-refractivity contribution in [3.05, 3.63) is 86.9 Å². The molecule has 0 radical (unpaired) electrons. The van der Waals surface area contributed by atoms with Crippen LogP contribution in [0.1, 0.15) is 27.0 Å². The number of nitrogens with one attached hydrogen (secondary N) is 1. The van der Waals surface area contributed by atoms with E-state index >= 15 is 0 Å². The van der Waals surface area contributed by atoms with Gasteiger partial charge in [0.25, 0.3) is 5.91 Å². The fourth-order valence-electron chi connectivity index (χ4n) is 3.04. The van der Waals surface area contributed by atoms with Crippen molar-refractivity contribution in [1.29, 1.82) is 0 Å². The topological polar surface area (TPSA) is 47.6 Å². The third-order valence-electron chi connectivity index (χ3n) is 4.25. The van der Waals surface area contributed by atoms with Gasteiger partial charge in [-0.3, -0.25) is 4.79 Å². The van der Waals surface area contributed by atoms with Crippen molar-refractivity contribution in [1.82, 2.24) is 0 Å². The highest BCUT2D eigenvalue weighted by Gasteiger charge is 2.12. The van der Waals surface area contributed by atoms with Crippen molar-refractivity contribution in [2.24, 2.45) is 0 Å². The van der Waals surface area contributed by atoms with Gasteiger partial charge >= 0.3 is 0 Å². The third-order valence-corrected chi connectivity index (χ3v) is 4.69. The highest BCUT2D eigenvalue weighted by atomic mass is 35.5. The molecule has 0 saturated heterocycles. The molecule has 6 heteroatoms. The van der Waals surface area contributed by atoms with Crippen molar-refractivity contribution in [2.45, 2.75) is 20.5 Å².